The van der Waals surface area contributed by atoms with Crippen LogP contribution in [-0.4, -0.2) is 6.54 Å². The van der Waals surface area contributed by atoms with Gasteiger partial charge in [0.15, 0.2) is 0 Å². The van der Waals surface area contributed by atoms with Crippen LogP contribution in [0.4, 0.5) is 20.2 Å². The average Bonchev–Trinajstić information content (AvgIpc) is 2.45. The van der Waals surface area contributed by atoms with Crippen LogP contribution in [0.25, 0.3) is 0 Å². The molecular weight excluding hydrogens is 326 g/mol. The van der Waals surface area contributed by atoms with E-state index >= 15 is 0 Å². The van der Waals surface area contributed by atoms with E-state index in [0.717, 1.165) is 5.69 Å². The highest BCUT2D eigenvalue weighted by atomic mass is 79.9. The van der Waals surface area contributed by atoms with E-state index in [-0.39, 0.29) is 16.6 Å². The quantitative estimate of drug-likeness (QED) is 0.662. The summed E-state index contributed by atoms with van der Waals surface area (Å²) in [5, 5.41) is 0. The molecule has 0 radical (unpaired) electrons. The van der Waals surface area contributed by atoms with Crippen LogP contribution in [0.2, 0.25) is 0 Å². The maximum atomic E-state index is 14.0. The van der Waals surface area contributed by atoms with Crippen LogP contribution in [0.3, 0.4) is 0 Å². The first-order valence-corrected chi connectivity index (χ1v) is 7.05. The molecule has 0 aliphatic rings. The molecule has 2 aromatic rings. The summed E-state index contributed by atoms with van der Waals surface area (Å²) >= 11 is 3.08. The molecule has 0 saturated carbocycles. The Morgan fingerprint density at radius 2 is 1.75 bits per heavy atom. The molecule has 20 heavy (non-hydrogen) atoms. The van der Waals surface area contributed by atoms with Gasteiger partial charge in [0.1, 0.15) is 11.6 Å². The van der Waals surface area contributed by atoms with Crippen molar-refractivity contribution in [3.05, 3.63) is 58.1 Å². The minimum absolute atomic E-state index is 0.0537. The zero-order chi connectivity index (χ0) is 14.7. The third-order valence-corrected chi connectivity index (χ3v) is 3.74. The van der Waals surface area contributed by atoms with Gasteiger partial charge in [-0.2, -0.15) is 0 Å². The second kappa shape index (κ2) is 6.22. The number of hydrogen-bond donors (Lipinski definition) is 1. The van der Waals surface area contributed by atoms with Gasteiger partial charge in [0.05, 0.1) is 4.47 Å². The zero-order valence-electron chi connectivity index (χ0n) is 11.0. The normalized spacial score (nSPS) is 10.6. The topological polar surface area (TPSA) is 29.3 Å². The second-order valence-electron chi connectivity index (χ2n) is 4.43. The number of benzene rings is 2. The van der Waals surface area contributed by atoms with Crippen LogP contribution >= 0.6 is 15.9 Å². The third kappa shape index (κ3) is 3.10. The van der Waals surface area contributed by atoms with E-state index in [1.54, 1.807) is 12.1 Å². The largest absolute Gasteiger partial charge is 0.399 e. The smallest absolute Gasteiger partial charge is 0.145 e. The molecule has 106 valence electrons. The van der Waals surface area contributed by atoms with Gasteiger partial charge in [-0.1, -0.05) is 0 Å². The molecular formula is C15H15BrF2N2. The molecule has 2 N–H and O–H groups in total. The molecule has 0 aliphatic heterocycles. The molecule has 0 aliphatic carbocycles. The van der Waals surface area contributed by atoms with Crippen molar-refractivity contribution in [1.82, 2.24) is 0 Å². The van der Waals surface area contributed by atoms with Gasteiger partial charge in [-0.25, -0.2) is 8.78 Å². The Hall–Kier alpha value is -1.62. The number of anilines is 2. The summed E-state index contributed by atoms with van der Waals surface area (Å²) in [5.41, 5.74) is 7.23. The van der Waals surface area contributed by atoms with Crippen LogP contribution in [0.5, 0.6) is 0 Å². The summed E-state index contributed by atoms with van der Waals surface area (Å²) in [6.45, 7) is 2.73. The van der Waals surface area contributed by atoms with Crippen molar-refractivity contribution in [2.45, 2.75) is 13.5 Å². The van der Waals surface area contributed by atoms with Crippen molar-refractivity contribution in [3.8, 4) is 0 Å². The monoisotopic (exact) mass is 340 g/mol. The van der Waals surface area contributed by atoms with E-state index in [4.69, 9.17) is 5.73 Å². The number of nitrogens with zero attached hydrogens (tertiary/aromatic N) is 1. The van der Waals surface area contributed by atoms with Gasteiger partial charge >= 0.3 is 0 Å². The van der Waals surface area contributed by atoms with Crippen molar-refractivity contribution in [3.63, 3.8) is 0 Å². The molecule has 0 atom stereocenters. The summed E-state index contributed by atoms with van der Waals surface area (Å²) in [6, 6.07) is 9.85. The number of halogens is 3. The minimum Gasteiger partial charge on any atom is -0.399 e. The third-order valence-electron chi connectivity index (χ3n) is 3.13. The van der Waals surface area contributed by atoms with E-state index in [1.165, 1.54) is 12.1 Å². The zero-order valence-corrected chi connectivity index (χ0v) is 12.6. The molecule has 0 heterocycles. The van der Waals surface area contributed by atoms with Crippen LogP contribution in [0.1, 0.15) is 12.5 Å². The van der Waals surface area contributed by atoms with E-state index in [9.17, 15) is 8.78 Å². The number of nitrogens with two attached hydrogens (primary N) is 1. The van der Waals surface area contributed by atoms with Gasteiger partial charge < -0.3 is 10.6 Å². The lowest BCUT2D eigenvalue weighted by molar-refractivity contribution is 0.547. The lowest BCUT2D eigenvalue weighted by Crippen LogP contribution is -2.23. The highest BCUT2D eigenvalue weighted by molar-refractivity contribution is 9.10. The van der Waals surface area contributed by atoms with E-state index in [0.29, 0.717) is 12.2 Å². The summed E-state index contributed by atoms with van der Waals surface area (Å²) in [4.78, 5) is 1.88. The van der Waals surface area contributed by atoms with Crippen molar-refractivity contribution in [1.29, 1.82) is 0 Å². The Labute approximate surface area is 125 Å². The van der Waals surface area contributed by atoms with Crippen LogP contribution in [0.15, 0.2) is 40.9 Å². The molecule has 0 amide bonds. The molecule has 0 fully saturated rings. The second-order valence-corrected chi connectivity index (χ2v) is 5.28. The van der Waals surface area contributed by atoms with Gasteiger partial charge in [0.25, 0.3) is 0 Å². The predicted octanol–water partition coefficient (Wildman–Crippen LogP) is 4.34. The van der Waals surface area contributed by atoms with Crippen molar-refractivity contribution in [2.75, 3.05) is 17.2 Å². The highest BCUT2D eigenvalue weighted by Gasteiger charge is 2.15. The van der Waals surface area contributed by atoms with E-state index in [1.807, 2.05) is 24.0 Å². The SMILES string of the molecule is CCN(Cc1c(F)ccc(Br)c1F)c1ccc(N)cc1. The first kappa shape index (κ1) is 14.8. The number of nitrogen functional groups attached to an aromatic ring is 1. The Bertz CT molecular complexity index is 600. The Kier molecular flexibility index (Phi) is 4.60. The van der Waals surface area contributed by atoms with E-state index in [2.05, 4.69) is 15.9 Å². The molecule has 5 heteroatoms. The Morgan fingerprint density at radius 3 is 2.35 bits per heavy atom. The first-order chi connectivity index (χ1) is 9.52. The molecule has 0 bridgehead atoms. The minimum atomic E-state index is -0.557. The van der Waals surface area contributed by atoms with Gasteiger partial charge in [-0.05, 0) is 59.3 Å². The Balaban J connectivity index is 2.31. The maximum absolute atomic E-state index is 14.0. The standard InChI is InChI=1S/C15H15BrF2N2/c1-2-20(11-5-3-10(19)4-6-11)9-12-14(17)8-7-13(16)15(12)18/h3-8H,2,9,19H2,1H3. The van der Waals surface area contributed by atoms with Crippen LogP contribution in [0, 0.1) is 11.6 Å². The summed E-state index contributed by atoms with van der Waals surface area (Å²) in [5.74, 6) is -1.10. The van der Waals surface area contributed by atoms with Gasteiger partial charge in [0, 0.05) is 30.0 Å². The lowest BCUT2D eigenvalue weighted by Gasteiger charge is -2.24. The average molecular weight is 341 g/mol. The Morgan fingerprint density at radius 1 is 1.10 bits per heavy atom. The molecule has 2 rings (SSSR count). The highest BCUT2D eigenvalue weighted by Crippen LogP contribution is 2.25. The lowest BCUT2D eigenvalue weighted by atomic mass is 10.1. The fraction of sp³-hybridized carbons (Fsp3) is 0.200. The van der Waals surface area contributed by atoms with Gasteiger partial charge in [-0.15, -0.1) is 0 Å². The first-order valence-electron chi connectivity index (χ1n) is 6.25. The van der Waals surface area contributed by atoms with Crippen LogP contribution < -0.4 is 10.6 Å². The van der Waals surface area contributed by atoms with Gasteiger partial charge in [-0.3, -0.25) is 0 Å². The number of rotatable bonds is 4. The summed E-state index contributed by atoms with van der Waals surface area (Å²) < 4.78 is 28.1. The fourth-order valence-electron chi connectivity index (χ4n) is 1.98. The molecule has 2 aromatic carbocycles. The predicted molar refractivity (Wildman–Crippen MR) is 81.6 cm³/mol. The summed E-state index contributed by atoms with van der Waals surface area (Å²) in [6.07, 6.45) is 0. The van der Waals surface area contributed by atoms with Crippen molar-refractivity contribution in [2.24, 2.45) is 0 Å². The molecule has 0 spiro atoms. The van der Waals surface area contributed by atoms with Gasteiger partial charge in [0.2, 0.25) is 0 Å². The fourth-order valence-corrected chi connectivity index (χ4v) is 2.35. The molecule has 0 aromatic heterocycles. The number of hydrogen-bond acceptors (Lipinski definition) is 2. The molecule has 0 unspecified atom stereocenters. The van der Waals surface area contributed by atoms with Crippen molar-refractivity contribution < 1.29 is 8.78 Å². The van der Waals surface area contributed by atoms with Crippen LogP contribution in [-0.2, 0) is 6.54 Å². The molecule has 0 saturated heterocycles. The maximum Gasteiger partial charge on any atom is 0.145 e. The summed E-state index contributed by atoms with van der Waals surface area (Å²) in [7, 11) is 0. The van der Waals surface area contributed by atoms with E-state index < -0.39 is 11.6 Å². The van der Waals surface area contributed by atoms with Crippen molar-refractivity contribution >= 4 is 27.3 Å². The molecule has 2 nitrogen and oxygen atoms in total.